The van der Waals surface area contributed by atoms with E-state index in [0.717, 1.165) is 30.7 Å². The molecule has 0 bridgehead atoms. The Labute approximate surface area is 144 Å². The first kappa shape index (κ1) is 18.9. The SMILES string of the molecule is CN(C)C(c1cccc(F)c1)C1CCC(CCCCC(=O)O)CC1. The summed E-state index contributed by atoms with van der Waals surface area (Å²) in [4.78, 5) is 12.8. The van der Waals surface area contributed by atoms with Crippen LogP contribution >= 0.6 is 0 Å². The lowest BCUT2D eigenvalue weighted by Crippen LogP contribution is -2.30. The number of nitrogens with zero attached hydrogens (tertiary/aromatic N) is 1. The van der Waals surface area contributed by atoms with E-state index >= 15 is 0 Å². The van der Waals surface area contributed by atoms with Gasteiger partial charge in [0.05, 0.1) is 0 Å². The highest BCUT2D eigenvalue weighted by atomic mass is 19.1. The fourth-order valence-corrected chi connectivity index (χ4v) is 4.18. The molecule has 1 fully saturated rings. The van der Waals surface area contributed by atoms with Crippen molar-refractivity contribution < 1.29 is 14.3 Å². The van der Waals surface area contributed by atoms with Gasteiger partial charge >= 0.3 is 5.97 Å². The van der Waals surface area contributed by atoms with Crippen molar-refractivity contribution in [2.24, 2.45) is 11.8 Å². The number of aliphatic carboxylic acids is 1. The molecule has 0 aliphatic heterocycles. The quantitative estimate of drug-likeness (QED) is 0.688. The number of hydrogen-bond acceptors (Lipinski definition) is 2. The summed E-state index contributed by atoms with van der Waals surface area (Å²) in [6.45, 7) is 0. The number of rotatable bonds is 8. The van der Waals surface area contributed by atoms with E-state index in [9.17, 15) is 9.18 Å². The molecule has 0 radical (unpaired) electrons. The van der Waals surface area contributed by atoms with Gasteiger partial charge in [0.1, 0.15) is 5.82 Å². The molecule has 3 nitrogen and oxygen atoms in total. The fraction of sp³-hybridized carbons (Fsp3) is 0.650. The summed E-state index contributed by atoms with van der Waals surface area (Å²) >= 11 is 0. The van der Waals surface area contributed by atoms with E-state index in [1.165, 1.54) is 31.7 Å². The predicted octanol–water partition coefficient (Wildman–Crippen LogP) is 4.88. The molecule has 24 heavy (non-hydrogen) atoms. The molecule has 1 atom stereocenters. The van der Waals surface area contributed by atoms with Crippen LogP contribution in [0.5, 0.6) is 0 Å². The van der Waals surface area contributed by atoms with Gasteiger partial charge in [-0.3, -0.25) is 4.79 Å². The largest absolute Gasteiger partial charge is 0.481 e. The van der Waals surface area contributed by atoms with E-state index < -0.39 is 5.97 Å². The predicted molar refractivity (Wildman–Crippen MR) is 94.4 cm³/mol. The number of hydrogen-bond donors (Lipinski definition) is 1. The molecule has 0 spiro atoms. The van der Waals surface area contributed by atoms with E-state index in [1.807, 2.05) is 6.07 Å². The van der Waals surface area contributed by atoms with Crippen LogP contribution in [0.25, 0.3) is 0 Å². The number of benzene rings is 1. The maximum Gasteiger partial charge on any atom is 0.303 e. The Morgan fingerprint density at radius 1 is 1.25 bits per heavy atom. The minimum absolute atomic E-state index is 0.161. The van der Waals surface area contributed by atoms with Crippen LogP contribution in [0.15, 0.2) is 24.3 Å². The molecule has 0 saturated heterocycles. The third-order valence-corrected chi connectivity index (χ3v) is 5.34. The molecule has 134 valence electrons. The highest BCUT2D eigenvalue weighted by molar-refractivity contribution is 5.66. The summed E-state index contributed by atoms with van der Waals surface area (Å²) in [5.41, 5.74) is 1.07. The second-order valence-corrected chi connectivity index (χ2v) is 7.38. The van der Waals surface area contributed by atoms with Gasteiger partial charge in [-0.2, -0.15) is 0 Å². The first-order chi connectivity index (χ1) is 11.5. The van der Waals surface area contributed by atoms with Crippen LogP contribution in [-0.4, -0.2) is 30.1 Å². The molecule has 1 aromatic rings. The summed E-state index contributed by atoms with van der Waals surface area (Å²) in [5.74, 6) is 0.441. The molecule has 1 aromatic carbocycles. The van der Waals surface area contributed by atoms with Crippen LogP contribution in [-0.2, 0) is 4.79 Å². The molecular weight excluding hydrogens is 305 g/mol. The van der Waals surface area contributed by atoms with E-state index in [2.05, 4.69) is 19.0 Å². The average molecular weight is 335 g/mol. The second kappa shape index (κ2) is 9.16. The molecule has 0 heterocycles. The van der Waals surface area contributed by atoms with Crippen LogP contribution in [0.1, 0.15) is 63.0 Å². The van der Waals surface area contributed by atoms with Gasteiger partial charge in [-0.25, -0.2) is 4.39 Å². The molecule has 1 aliphatic rings. The second-order valence-electron chi connectivity index (χ2n) is 7.38. The highest BCUT2D eigenvalue weighted by Gasteiger charge is 2.29. The summed E-state index contributed by atoms with van der Waals surface area (Å²) in [6, 6.07) is 7.28. The van der Waals surface area contributed by atoms with Crippen LogP contribution in [0.3, 0.4) is 0 Å². The van der Waals surface area contributed by atoms with Crippen molar-refractivity contribution in [1.82, 2.24) is 4.90 Å². The summed E-state index contributed by atoms with van der Waals surface area (Å²) in [6.07, 6.45) is 7.99. The third-order valence-electron chi connectivity index (χ3n) is 5.34. The van der Waals surface area contributed by atoms with Crippen molar-refractivity contribution in [3.63, 3.8) is 0 Å². The van der Waals surface area contributed by atoms with Crippen molar-refractivity contribution in [2.75, 3.05) is 14.1 Å². The van der Waals surface area contributed by atoms with Crippen molar-refractivity contribution in [1.29, 1.82) is 0 Å². The number of carboxylic acid groups (broad SMARTS) is 1. The summed E-state index contributed by atoms with van der Waals surface area (Å²) in [5, 5.41) is 8.69. The van der Waals surface area contributed by atoms with Crippen LogP contribution in [0.4, 0.5) is 4.39 Å². The van der Waals surface area contributed by atoms with Gasteiger partial charge in [0.25, 0.3) is 0 Å². The van der Waals surface area contributed by atoms with Crippen LogP contribution < -0.4 is 0 Å². The standard InChI is InChI=1S/C20H30FNO2/c1-22(2)20(17-7-5-8-18(21)14-17)16-12-10-15(11-13-16)6-3-4-9-19(23)24/h5,7-8,14-16,20H,3-4,6,9-13H2,1-2H3,(H,23,24). The maximum atomic E-state index is 13.6. The molecule has 1 aliphatic carbocycles. The van der Waals surface area contributed by atoms with E-state index in [1.54, 1.807) is 12.1 Å². The normalized spacial score (nSPS) is 22.5. The lowest BCUT2D eigenvalue weighted by Gasteiger charge is -2.37. The molecule has 0 amide bonds. The zero-order chi connectivity index (χ0) is 17.5. The number of halogens is 1. The lowest BCUT2D eigenvalue weighted by atomic mass is 9.75. The summed E-state index contributed by atoms with van der Waals surface area (Å²) < 4.78 is 13.6. The number of carbonyl (C=O) groups is 1. The minimum atomic E-state index is -0.692. The maximum absolute atomic E-state index is 13.6. The zero-order valence-electron chi connectivity index (χ0n) is 14.9. The topological polar surface area (TPSA) is 40.5 Å². The molecule has 2 rings (SSSR count). The fourth-order valence-electron chi connectivity index (χ4n) is 4.18. The van der Waals surface area contributed by atoms with Crippen molar-refractivity contribution in [3.05, 3.63) is 35.6 Å². The van der Waals surface area contributed by atoms with E-state index in [4.69, 9.17) is 5.11 Å². The molecular formula is C20H30FNO2. The lowest BCUT2D eigenvalue weighted by molar-refractivity contribution is -0.137. The van der Waals surface area contributed by atoms with Gasteiger partial charge < -0.3 is 10.0 Å². The van der Waals surface area contributed by atoms with E-state index in [0.29, 0.717) is 5.92 Å². The Kier molecular flexibility index (Phi) is 7.22. The molecule has 1 N–H and O–H groups in total. The molecule has 0 aromatic heterocycles. The molecule has 1 unspecified atom stereocenters. The monoisotopic (exact) mass is 335 g/mol. The minimum Gasteiger partial charge on any atom is -0.481 e. The van der Waals surface area contributed by atoms with Gasteiger partial charge in [-0.15, -0.1) is 0 Å². The van der Waals surface area contributed by atoms with E-state index in [-0.39, 0.29) is 18.3 Å². The Balaban J connectivity index is 1.86. The summed E-state index contributed by atoms with van der Waals surface area (Å²) in [7, 11) is 4.15. The van der Waals surface area contributed by atoms with Crippen molar-refractivity contribution >= 4 is 5.97 Å². The smallest absolute Gasteiger partial charge is 0.303 e. The van der Waals surface area contributed by atoms with Gasteiger partial charge in [-0.1, -0.05) is 37.8 Å². The van der Waals surface area contributed by atoms with Crippen LogP contribution in [0.2, 0.25) is 0 Å². The van der Waals surface area contributed by atoms with Crippen molar-refractivity contribution in [3.8, 4) is 0 Å². The Morgan fingerprint density at radius 3 is 2.54 bits per heavy atom. The first-order valence-corrected chi connectivity index (χ1v) is 9.11. The average Bonchev–Trinajstić information content (AvgIpc) is 2.53. The van der Waals surface area contributed by atoms with Crippen molar-refractivity contribution in [2.45, 2.75) is 57.4 Å². The van der Waals surface area contributed by atoms with Gasteiger partial charge in [0.2, 0.25) is 0 Å². The molecule has 4 heteroatoms. The van der Waals surface area contributed by atoms with Gasteiger partial charge in [0, 0.05) is 12.5 Å². The molecule has 1 saturated carbocycles. The number of carboxylic acids is 1. The zero-order valence-corrected chi connectivity index (χ0v) is 14.9. The Bertz CT molecular complexity index is 524. The Morgan fingerprint density at radius 2 is 1.96 bits per heavy atom. The third kappa shape index (κ3) is 5.59. The van der Waals surface area contributed by atoms with Gasteiger partial charge in [0.15, 0.2) is 0 Å². The Hall–Kier alpha value is -1.42. The highest BCUT2D eigenvalue weighted by Crippen LogP contribution is 2.40. The van der Waals surface area contributed by atoms with Gasteiger partial charge in [-0.05, 0) is 62.9 Å². The first-order valence-electron chi connectivity index (χ1n) is 9.11. The number of unbranched alkanes of at least 4 members (excludes halogenated alkanes) is 1. The van der Waals surface area contributed by atoms with Crippen LogP contribution in [0, 0.1) is 17.7 Å².